The number of carbonyl (C=O) groups is 2. The third kappa shape index (κ3) is 5.34. The SMILES string of the molecule is C/C=C/[C@H](Oc1cccc2ccccc12)[C@H](C=O)NC(=O)OC(C)(C)C. The Morgan fingerprint density at radius 3 is 2.46 bits per heavy atom. The summed E-state index contributed by atoms with van der Waals surface area (Å²) in [5.74, 6) is 0.643. The fourth-order valence-corrected chi connectivity index (χ4v) is 2.50. The molecule has 138 valence electrons. The molecule has 0 saturated carbocycles. The van der Waals surface area contributed by atoms with Crippen LogP contribution in [-0.4, -0.2) is 30.1 Å². The van der Waals surface area contributed by atoms with E-state index in [2.05, 4.69) is 5.32 Å². The van der Waals surface area contributed by atoms with E-state index in [0.29, 0.717) is 12.0 Å². The Kier molecular flexibility index (Phi) is 6.39. The molecular formula is C21H25NO4. The zero-order valence-corrected chi connectivity index (χ0v) is 15.6. The second kappa shape index (κ2) is 8.52. The van der Waals surface area contributed by atoms with Crippen LogP contribution in [0.2, 0.25) is 0 Å². The summed E-state index contributed by atoms with van der Waals surface area (Å²) in [6, 6.07) is 12.7. The molecule has 1 N–H and O–H groups in total. The molecule has 2 rings (SSSR count). The van der Waals surface area contributed by atoms with Gasteiger partial charge in [-0.2, -0.15) is 0 Å². The average Bonchev–Trinajstić information content (AvgIpc) is 2.58. The first-order valence-electron chi connectivity index (χ1n) is 8.56. The largest absolute Gasteiger partial charge is 0.483 e. The zero-order valence-electron chi connectivity index (χ0n) is 15.6. The van der Waals surface area contributed by atoms with Crippen LogP contribution >= 0.6 is 0 Å². The molecule has 0 heterocycles. The van der Waals surface area contributed by atoms with E-state index in [1.807, 2.05) is 49.4 Å². The molecule has 0 radical (unpaired) electrons. The molecule has 5 nitrogen and oxygen atoms in total. The number of amides is 1. The van der Waals surface area contributed by atoms with Crippen LogP contribution in [0.5, 0.6) is 5.75 Å². The number of ether oxygens (including phenoxy) is 2. The monoisotopic (exact) mass is 355 g/mol. The van der Waals surface area contributed by atoms with E-state index in [0.717, 1.165) is 10.8 Å². The summed E-state index contributed by atoms with van der Waals surface area (Å²) in [4.78, 5) is 23.6. The van der Waals surface area contributed by atoms with Crippen LogP contribution in [0.25, 0.3) is 10.8 Å². The summed E-state index contributed by atoms with van der Waals surface area (Å²) in [5, 5.41) is 4.54. The molecule has 0 aliphatic carbocycles. The summed E-state index contributed by atoms with van der Waals surface area (Å²) >= 11 is 0. The topological polar surface area (TPSA) is 64.6 Å². The summed E-state index contributed by atoms with van der Waals surface area (Å²) in [5.41, 5.74) is -0.649. The van der Waals surface area contributed by atoms with Gasteiger partial charge in [0.05, 0.1) is 0 Å². The van der Waals surface area contributed by atoms with E-state index < -0.39 is 23.8 Å². The molecule has 1 amide bonds. The maximum absolute atomic E-state index is 12.0. The molecule has 0 aliphatic rings. The predicted octanol–water partition coefficient (Wildman–Crippen LogP) is 4.26. The molecule has 0 aromatic heterocycles. The second-order valence-corrected chi connectivity index (χ2v) is 6.89. The summed E-state index contributed by atoms with van der Waals surface area (Å²) in [6.07, 6.45) is 2.85. The number of rotatable bonds is 6. The highest BCUT2D eigenvalue weighted by atomic mass is 16.6. The Morgan fingerprint density at radius 2 is 1.81 bits per heavy atom. The number of hydrogen-bond acceptors (Lipinski definition) is 4. The summed E-state index contributed by atoms with van der Waals surface area (Å²) in [6.45, 7) is 7.12. The summed E-state index contributed by atoms with van der Waals surface area (Å²) < 4.78 is 11.3. The molecular weight excluding hydrogens is 330 g/mol. The lowest BCUT2D eigenvalue weighted by atomic mass is 10.1. The van der Waals surface area contributed by atoms with Crippen molar-refractivity contribution in [1.82, 2.24) is 5.32 Å². The van der Waals surface area contributed by atoms with Gasteiger partial charge in [0.15, 0.2) is 0 Å². The van der Waals surface area contributed by atoms with E-state index in [1.54, 1.807) is 32.9 Å². The Labute approximate surface area is 154 Å². The van der Waals surface area contributed by atoms with Crippen LogP contribution in [-0.2, 0) is 9.53 Å². The van der Waals surface area contributed by atoms with Crippen molar-refractivity contribution in [2.24, 2.45) is 0 Å². The molecule has 2 aromatic rings. The van der Waals surface area contributed by atoms with Crippen LogP contribution in [0.15, 0.2) is 54.6 Å². The van der Waals surface area contributed by atoms with Crippen molar-refractivity contribution in [3.05, 3.63) is 54.6 Å². The molecule has 0 saturated heterocycles. The first kappa shape index (κ1) is 19.5. The van der Waals surface area contributed by atoms with Crippen molar-refractivity contribution in [2.45, 2.75) is 45.4 Å². The normalized spacial score (nSPS) is 14.0. The number of hydrogen-bond donors (Lipinski definition) is 1. The lowest BCUT2D eigenvalue weighted by molar-refractivity contribution is -0.111. The van der Waals surface area contributed by atoms with Gasteiger partial charge in [-0.3, -0.25) is 0 Å². The van der Waals surface area contributed by atoms with Crippen LogP contribution in [0.4, 0.5) is 4.79 Å². The van der Waals surface area contributed by atoms with Crippen molar-refractivity contribution in [1.29, 1.82) is 0 Å². The van der Waals surface area contributed by atoms with Crippen molar-refractivity contribution in [3.8, 4) is 5.75 Å². The van der Waals surface area contributed by atoms with Gasteiger partial charge >= 0.3 is 6.09 Å². The summed E-state index contributed by atoms with van der Waals surface area (Å²) in [7, 11) is 0. The van der Waals surface area contributed by atoms with Crippen molar-refractivity contribution in [2.75, 3.05) is 0 Å². The van der Waals surface area contributed by atoms with Gasteiger partial charge in [-0.1, -0.05) is 42.5 Å². The lowest BCUT2D eigenvalue weighted by Gasteiger charge is -2.25. The van der Waals surface area contributed by atoms with E-state index >= 15 is 0 Å². The minimum atomic E-state index is -0.875. The second-order valence-electron chi connectivity index (χ2n) is 6.89. The third-order valence-corrected chi connectivity index (χ3v) is 3.58. The highest BCUT2D eigenvalue weighted by molar-refractivity contribution is 5.88. The first-order valence-corrected chi connectivity index (χ1v) is 8.56. The molecule has 2 atom stereocenters. The average molecular weight is 355 g/mol. The standard InChI is InChI=1S/C21H25NO4/c1-5-9-19(17(14-23)22-20(24)26-21(2,3)4)25-18-13-8-11-15-10-6-7-12-16(15)18/h5-14,17,19H,1-4H3,(H,22,24)/b9-5+/t17-,19-/m0/s1. The number of benzene rings is 2. The van der Waals surface area contributed by atoms with Gasteiger partial charge in [-0.15, -0.1) is 0 Å². The molecule has 0 unspecified atom stereocenters. The van der Waals surface area contributed by atoms with E-state index in [1.165, 1.54) is 0 Å². The zero-order chi connectivity index (χ0) is 19.2. The Hall–Kier alpha value is -2.82. The van der Waals surface area contributed by atoms with Crippen molar-refractivity contribution >= 4 is 23.2 Å². The molecule has 5 heteroatoms. The molecule has 2 aromatic carbocycles. The van der Waals surface area contributed by atoms with E-state index in [-0.39, 0.29) is 0 Å². The van der Waals surface area contributed by atoms with Crippen LogP contribution < -0.4 is 10.1 Å². The number of fused-ring (bicyclic) bond motifs is 1. The molecule has 0 spiro atoms. The fraction of sp³-hybridized carbons (Fsp3) is 0.333. The minimum absolute atomic E-state index is 0.643. The Morgan fingerprint density at radius 1 is 1.12 bits per heavy atom. The molecule has 0 bridgehead atoms. The van der Waals surface area contributed by atoms with Crippen LogP contribution in [0.1, 0.15) is 27.7 Å². The number of allylic oxidation sites excluding steroid dienone is 1. The van der Waals surface area contributed by atoms with Gasteiger partial charge in [0, 0.05) is 5.39 Å². The maximum atomic E-state index is 12.0. The predicted molar refractivity (Wildman–Crippen MR) is 102 cm³/mol. The molecule has 26 heavy (non-hydrogen) atoms. The van der Waals surface area contributed by atoms with Gasteiger partial charge in [-0.25, -0.2) is 4.79 Å². The fourth-order valence-electron chi connectivity index (χ4n) is 2.50. The smallest absolute Gasteiger partial charge is 0.408 e. The van der Waals surface area contributed by atoms with Crippen LogP contribution in [0.3, 0.4) is 0 Å². The van der Waals surface area contributed by atoms with Gasteiger partial charge in [0.1, 0.15) is 29.8 Å². The van der Waals surface area contributed by atoms with Crippen LogP contribution in [0, 0.1) is 0 Å². The van der Waals surface area contributed by atoms with E-state index in [4.69, 9.17) is 9.47 Å². The first-order chi connectivity index (χ1) is 12.3. The van der Waals surface area contributed by atoms with Crippen molar-refractivity contribution < 1.29 is 19.1 Å². The Bertz CT molecular complexity index is 787. The number of alkyl carbamates (subject to hydrolysis) is 1. The quantitative estimate of drug-likeness (QED) is 0.621. The number of carbonyl (C=O) groups excluding carboxylic acids is 2. The molecule has 0 aliphatic heterocycles. The number of aldehydes is 1. The van der Waals surface area contributed by atoms with Crippen molar-refractivity contribution in [3.63, 3.8) is 0 Å². The maximum Gasteiger partial charge on any atom is 0.408 e. The highest BCUT2D eigenvalue weighted by Crippen LogP contribution is 2.26. The molecule has 0 fully saturated rings. The Balaban J connectivity index is 2.23. The number of nitrogens with one attached hydrogen (secondary N) is 1. The highest BCUT2D eigenvalue weighted by Gasteiger charge is 2.26. The van der Waals surface area contributed by atoms with Gasteiger partial charge in [0.2, 0.25) is 0 Å². The third-order valence-electron chi connectivity index (χ3n) is 3.58. The van der Waals surface area contributed by atoms with Gasteiger partial charge < -0.3 is 19.6 Å². The van der Waals surface area contributed by atoms with E-state index in [9.17, 15) is 9.59 Å². The van der Waals surface area contributed by atoms with Gasteiger partial charge in [-0.05, 0) is 45.2 Å². The lowest BCUT2D eigenvalue weighted by Crippen LogP contribution is -2.47. The van der Waals surface area contributed by atoms with Gasteiger partial charge in [0.25, 0.3) is 0 Å². The minimum Gasteiger partial charge on any atom is -0.483 e.